The smallest absolute Gasteiger partial charge is 0.287 e. The van der Waals surface area contributed by atoms with Gasteiger partial charge in [0, 0.05) is 57.9 Å². The van der Waals surface area contributed by atoms with Crippen LogP contribution in [0.4, 0.5) is 11.4 Å². The molecule has 0 fully saturated rings. The Labute approximate surface area is 239 Å². The van der Waals surface area contributed by atoms with E-state index in [9.17, 15) is 18.0 Å². The molecule has 0 spiro atoms. The molecular formula is C29H32N6O5S. The molecule has 0 radical (unpaired) electrons. The third-order valence-corrected chi connectivity index (χ3v) is 7.58. The lowest BCUT2D eigenvalue weighted by Gasteiger charge is -2.15. The maximum atomic E-state index is 13.5. The monoisotopic (exact) mass is 576 g/mol. The first-order valence-corrected chi connectivity index (χ1v) is 14.2. The average Bonchev–Trinajstić information content (AvgIpc) is 3.40. The summed E-state index contributed by atoms with van der Waals surface area (Å²) in [5, 5.41) is 5.95. The van der Waals surface area contributed by atoms with Crippen LogP contribution in [-0.4, -0.2) is 69.0 Å². The van der Waals surface area contributed by atoms with Gasteiger partial charge in [0.05, 0.1) is 12.8 Å². The fraction of sp³-hybridized carbons (Fsp3) is 0.207. The summed E-state index contributed by atoms with van der Waals surface area (Å²) in [6, 6.07) is 18.7. The van der Waals surface area contributed by atoms with Crippen molar-refractivity contribution in [1.29, 1.82) is 0 Å². The summed E-state index contributed by atoms with van der Waals surface area (Å²) >= 11 is 0. The van der Waals surface area contributed by atoms with E-state index < -0.39 is 10.0 Å². The van der Waals surface area contributed by atoms with E-state index in [4.69, 9.17) is 4.74 Å². The maximum absolute atomic E-state index is 13.5. The van der Waals surface area contributed by atoms with Gasteiger partial charge in [0.1, 0.15) is 10.6 Å². The summed E-state index contributed by atoms with van der Waals surface area (Å²) in [6.45, 7) is 0.755. The second kappa shape index (κ2) is 12.6. The van der Waals surface area contributed by atoms with Crippen molar-refractivity contribution in [3.63, 3.8) is 0 Å². The Morgan fingerprint density at radius 3 is 2.39 bits per heavy atom. The van der Waals surface area contributed by atoms with Gasteiger partial charge in [-0.2, -0.15) is 0 Å². The van der Waals surface area contributed by atoms with E-state index in [0.29, 0.717) is 47.0 Å². The molecule has 0 atom stereocenters. The summed E-state index contributed by atoms with van der Waals surface area (Å²) < 4.78 is 36.6. The number of hydrogen-bond acceptors (Lipinski definition) is 7. The zero-order chi connectivity index (χ0) is 29.6. The molecule has 2 amide bonds. The van der Waals surface area contributed by atoms with Crippen LogP contribution in [0.25, 0.3) is 11.1 Å². The molecule has 0 aliphatic carbocycles. The van der Waals surface area contributed by atoms with Crippen molar-refractivity contribution in [2.75, 3.05) is 44.3 Å². The number of benzene rings is 3. The van der Waals surface area contributed by atoms with Crippen LogP contribution < -0.4 is 20.1 Å². The van der Waals surface area contributed by atoms with Gasteiger partial charge in [-0.05, 0) is 53.6 Å². The lowest BCUT2D eigenvalue weighted by molar-refractivity contribution is 0.0827. The number of nitrogens with zero attached hydrogens (tertiary/aromatic N) is 3. The van der Waals surface area contributed by atoms with Crippen LogP contribution in [0.2, 0.25) is 0 Å². The molecule has 4 aromatic rings. The molecule has 0 unspecified atom stereocenters. The van der Waals surface area contributed by atoms with E-state index in [1.165, 1.54) is 18.1 Å². The van der Waals surface area contributed by atoms with Crippen LogP contribution >= 0.6 is 0 Å². The molecule has 0 saturated carbocycles. The average molecular weight is 577 g/mol. The van der Waals surface area contributed by atoms with Crippen LogP contribution in [0, 0.1) is 0 Å². The summed E-state index contributed by atoms with van der Waals surface area (Å²) in [7, 11) is 2.43. The Hall–Kier alpha value is -4.84. The molecular weight excluding hydrogens is 544 g/mol. The van der Waals surface area contributed by atoms with Crippen molar-refractivity contribution in [2.45, 2.75) is 4.90 Å². The van der Waals surface area contributed by atoms with Gasteiger partial charge in [0.2, 0.25) is 0 Å². The molecule has 214 valence electrons. The first-order valence-electron chi connectivity index (χ1n) is 12.7. The van der Waals surface area contributed by atoms with Crippen molar-refractivity contribution < 1.29 is 22.7 Å². The number of aryl methyl sites for hydroxylation is 1. The number of anilines is 2. The number of nitrogens with one attached hydrogen (secondary N) is 3. The van der Waals surface area contributed by atoms with Crippen molar-refractivity contribution in [3.05, 3.63) is 90.5 Å². The van der Waals surface area contributed by atoms with E-state index in [1.54, 1.807) is 92.7 Å². The number of hydrogen-bond donors (Lipinski definition) is 3. The zero-order valence-electron chi connectivity index (χ0n) is 23.2. The highest BCUT2D eigenvalue weighted by atomic mass is 32.2. The lowest BCUT2D eigenvalue weighted by atomic mass is 10.0. The standard InChI is InChI=1S/C29H32N6O5S/c1-34(2)29(37)22-8-5-7-20(17-22)21-11-12-25(40-4)26(18-21)41(38,39)33-24-10-6-9-23(19-24)30-13-14-32-28(36)27-31-15-16-35(27)3/h5-12,15-19,30,33H,13-14H2,1-4H3,(H,32,36). The number of ether oxygens (including phenoxy) is 1. The Balaban J connectivity index is 1.48. The highest BCUT2D eigenvalue weighted by Gasteiger charge is 2.21. The molecule has 1 aromatic heterocycles. The van der Waals surface area contributed by atoms with Crippen molar-refractivity contribution >= 4 is 33.2 Å². The summed E-state index contributed by atoms with van der Waals surface area (Å²) in [5.41, 5.74) is 2.81. The molecule has 12 heteroatoms. The molecule has 3 N–H and O–H groups in total. The second-order valence-corrected chi connectivity index (χ2v) is 11.0. The molecule has 0 aliphatic rings. The molecule has 1 heterocycles. The minimum atomic E-state index is -4.05. The van der Waals surface area contributed by atoms with Crippen molar-refractivity contribution in [1.82, 2.24) is 19.8 Å². The first kappa shape index (κ1) is 29.2. The van der Waals surface area contributed by atoms with E-state index in [-0.39, 0.29) is 22.5 Å². The Bertz CT molecular complexity index is 1670. The van der Waals surface area contributed by atoms with Crippen LogP contribution in [0.15, 0.2) is 84.0 Å². The van der Waals surface area contributed by atoms with Gasteiger partial charge in [-0.3, -0.25) is 14.3 Å². The van der Waals surface area contributed by atoms with E-state index in [0.717, 1.165) is 0 Å². The number of imidazole rings is 1. The van der Waals surface area contributed by atoms with Crippen LogP contribution in [0.5, 0.6) is 5.75 Å². The van der Waals surface area contributed by atoms with E-state index >= 15 is 0 Å². The summed E-state index contributed by atoms with van der Waals surface area (Å²) in [4.78, 5) is 30.1. The fourth-order valence-corrected chi connectivity index (χ4v) is 5.35. The number of amides is 2. The van der Waals surface area contributed by atoms with Gasteiger partial charge in [-0.15, -0.1) is 0 Å². The SMILES string of the molecule is COc1ccc(-c2cccc(C(=O)N(C)C)c2)cc1S(=O)(=O)Nc1cccc(NCCNC(=O)c2nccn2C)c1. The maximum Gasteiger partial charge on any atom is 0.287 e. The molecule has 0 saturated heterocycles. The third-order valence-electron chi connectivity index (χ3n) is 6.18. The van der Waals surface area contributed by atoms with Crippen molar-refractivity contribution in [2.24, 2.45) is 7.05 Å². The van der Waals surface area contributed by atoms with Gasteiger partial charge in [-0.1, -0.05) is 24.3 Å². The predicted molar refractivity (Wildman–Crippen MR) is 158 cm³/mol. The largest absolute Gasteiger partial charge is 0.495 e. The number of carbonyl (C=O) groups is 2. The third kappa shape index (κ3) is 7.03. The van der Waals surface area contributed by atoms with E-state index in [2.05, 4.69) is 20.3 Å². The Morgan fingerprint density at radius 1 is 0.951 bits per heavy atom. The fourth-order valence-electron chi connectivity index (χ4n) is 4.11. The van der Waals surface area contributed by atoms with Crippen molar-refractivity contribution in [3.8, 4) is 16.9 Å². The lowest BCUT2D eigenvalue weighted by Crippen LogP contribution is -2.30. The van der Waals surface area contributed by atoms with Gasteiger partial charge >= 0.3 is 0 Å². The predicted octanol–water partition coefficient (Wildman–Crippen LogP) is 3.44. The van der Waals surface area contributed by atoms with Gasteiger partial charge < -0.3 is 24.8 Å². The molecule has 41 heavy (non-hydrogen) atoms. The summed E-state index contributed by atoms with van der Waals surface area (Å²) in [6.07, 6.45) is 3.25. The number of rotatable bonds is 11. The first-order chi connectivity index (χ1) is 19.6. The number of methoxy groups -OCH3 is 1. The van der Waals surface area contributed by atoms with E-state index in [1.807, 2.05) is 6.07 Å². The summed E-state index contributed by atoms with van der Waals surface area (Å²) in [5.74, 6) is 0.0574. The molecule has 11 nitrogen and oxygen atoms in total. The molecule has 0 aliphatic heterocycles. The Kier molecular flexibility index (Phi) is 8.93. The van der Waals surface area contributed by atoms with Gasteiger partial charge in [0.15, 0.2) is 5.82 Å². The highest BCUT2D eigenvalue weighted by Crippen LogP contribution is 2.32. The Morgan fingerprint density at radius 2 is 1.68 bits per heavy atom. The molecule has 4 rings (SSSR count). The normalized spacial score (nSPS) is 11.0. The minimum Gasteiger partial charge on any atom is -0.495 e. The number of sulfonamides is 1. The van der Waals surface area contributed by atoms with Crippen LogP contribution in [-0.2, 0) is 17.1 Å². The topological polar surface area (TPSA) is 135 Å². The quantitative estimate of drug-likeness (QED) is 0.233. The van der Waals surface area contributed by atoms with Crippen LogP contribution in [0.3, 0.4) is 0 Å². The minimum absolute atomic E-state index is 0.0443. The molecule has 0 bridgehead atoms. The van der Waals surface area contributed by atoms with Crippen LogP contribution in [0.1, 0.15) is 21.0 Å². The number of aromatic nitrogens is 2. The van der Waals surface area contributed by atoms with Gasteiger partial charge in [0.25, 0.3) is 21.8 Å². The second-order valence-electron chi connectivity index (χ2n) is 9.38. The van der Waals surface area contributed by atoms with Gasteiger partial charge in [-0.25, -0.2) is 13.4 Å². The zero-order valence-corrected chi connectivity index (χ0v) is 24.0. The molecule has 3 aromatic carbocycles. The number of carbonyl (C=O) groups excluding carboxylic acids is 2. The highest BCUT2D eigenvalue weighted by molar-refractivity contribution is 7.92.